The third kappa shape index (κ3) is 4.43. The molecule has 0 aromatic rings. The first-order valence-corrected chi connectivity index (χ1v) is 3.63. The van der Waals surface area contributed by atoms with Crippen LogP contribution < -0.4 is 0 Å². The Morgan fingerprint density at radius 1 is 1.25 bits per heavy atom. The van der Waals surface area contributed by atoms with Crippen molar-refractivity contribution in [3.05, 3.63) is 12.7 Å². The second kappa shape index (κ2) is 4.54. The topological polar surface area (TPSA) is 52.6 Å². The van der Waals surface area contributed by atoms with Gasteiger partial charge in [-0.25, -0.2) is 19.4 Å². The predicted octanol–water partition coefficient (Wildman–Crippen LogP) is 1.54. The highest BCUT2D eigenvalue weighted by Gasteiger charge is 2.34. The lowest BCUT2D eigenvalue weighted by Gasteiger charge is -2.06. The van der Waals surface area contributed by atoms with Crippen LogP contribution in [0.5, 0.6) is 0 Å². The minimum atomic E-state index is -2.26. The highest BCUT2D eigenvalue weighted by molar-refractivity contribution is 6.75. The molecule has 0 aliphatic carbocycles. The van der Waals surface area contributed by atoms with Crippen LogP contribution in [0.4, 0.5) is 0 Å². The number of hydrogen-bond acceptors (Lipinski definition) is 4. The number of alkyl halides is 3. The molecule has 0 unspecified atom stereocenters. The molecule has 0 aliphatic rings. The Hall–Kier alpha value is -0.450. The Balaban J connectivity index is 3.88. The summed E-state index contributed by atoms with van der Waals surface area (Å²) in [6, 6.07) is 0. The van der Waals surface area contributed by atoms with Crippen molar-refractivity contribution in [3.8, 4) is 0 Å². The summed E-state index contributed by atoms with van der Waals surface area (Å²) < 4.78 is -2.26. The second-order valence-corrected chi connectivity index (χ2v) is 3.76. The van der Waals surface area contributed by atoms with Crippen LogP contribution >= 0.6 is 34.8 Å². The minimum Gasteiger partial charge on any atom is -0.242 e. The van der Waals surface area contributed by atoms with E-state index in [1.165, 1.54) is 0 Å². The summed E-state index contributed by atoms with van der Waals surface area (Å²) >= 11 is 15.1. The summed E-state index contributed by atoms with van der Waals surface area (Å²) in [5.74, 6) is -2.26. The van der Waals surface area contributed by atoms with Crippen molar-refractivity contribution in [2.45, 2.75) is 3.79 Å². The molecule has 0 N–H and O–H groups in total. The van der Waals surface area contributed by atoms with Crippen molar-refractivity contribution in [1.82, 2.24) is 0 Å². The number of carbonyl (C=O) groups excluding carboxylic acids is 2. The fourth-order valence-corrected chi connectivity index (χ4v) is 0.255. The summed E-state index contributed by atoms with van der Waals surface area (Å²) in [7, 11) is 0. The molecule has 0 saturated carbocycles. The first kappa shape index (κ1) is 11.6. The molecule has 0 fully saturated rings. The van der Waals surface area contributed by atoms with E-state index in [4.69, 9.17) is 34.8 Å². The van der Waals surface area contributed by atoms with E-state index in [0.717, 1.165) is 6.08 Å². The molecule has 7 heteroatoms. The van der Waals surface area contributed by atoms with Crippen molar-refractivity contribution in [1.29, 1.82) is 0 Å². The molecule has 68 valence electrons. The first-order valence-electron chi connectivity index (χ1n) is 2.50. The quantitative estimate of drug-likeness (QED) is 0.298. The fraction of sp³-hybridized carbons (Fsp3) is 0.200. The standard InChI is InChI=1S/C5H3Cl3O4/c1-2-3(9)11-12-4(10)5(6,7)8/h2H,1H2. The summed E-state index contributed by atoms with van der Waals surface area (Å²) in [4.78, 5) is 28.5. The smallest absolute Gasteiger partial charge is 0.242 e. The van der Waals surface area contributed by atoms with Crippen LogP contribution in [-0.4, -0.2) is 15.7 Å². The lowest BCUT2D eigenvalue weighted by Crippen LogP contribution is -2.23. The molecule has 0 aromatic heterocycles. The van der Waals surface area contributed by atoms with Crippen LogP contribution in [0.2, 0.25) is 0 Å². The molecule has 12 heavy (non-hydrogen) atoms. The molecule has 0 heterocycles. The lowest BCUT2D eigenvalue weighted by atomic mass is 10.7. The van der Waals surface area contributed by atoms with Gasteiger partial charge in [-0.05, 0) is 0 Å². The first-order chi connectivity index (χ1) is 5.38. The molecule has 0 amide bonds. The number of rotatable bonds is 1. The van der Waals surface area contributed by atoms with Crippen molar-refractivity contribution >= 4 is 46.7 Å². The van der Waals surface area contributed by atoms with Crippen molar-refractivity contribution in [2.75, 3.05) is 0 Å². The van der Waals surface area contributed by atoms with Gasteiger partial charge in [-0.2, -0.15) is 0 Å². The summed E-state index contributed by atoms with van der Waals surface area (Å²) in [5, 5.41) is 0. The van der Waals surface area contributed by atoms with Gasteiger partial charge in [-0.1, -0.05) is 41.4 Å². The van der Waals surface area contributed by atoms with E-state index >= 15 is 0 Å². The van der Waals surface area contributed by atoms with E-state index < -0.39 is 15.7 Å². The maximum Gasteiger partial charge on any atom is 0.406 e. The van der Waals surface area contributed by atoms with Gasteiger partial charge in [0.05, 0.1) is 0 Å². The molecule has 0 aromatic carbocycles. The molecule has 0 atom stereocenters. The Morgan fingerprint density at radius 2 is 1.75 bits per heavy atom. The maximum absolute atomic E-state index is 10.6. The molecule has 0 rings (SSSR count). The number of hydrogen-bond donors (Lipinski definition) is 0. The van der Waals surface area contributed by atoms with Crippen LogP contribution in [0.15, 0.2) is 12.7 Å². The van der Waals surface area contributed by atoms with E-state index in [0.29, 0.717) is 0 Å². The average Bonchev–Trinajstić information content (AvgIpc) is 1.97. The Kier molecular flexibility index (Phi) is 4.37. The van der Waals surface area contributed by atoms with E-state index in [9.17, 15) is 9.59 Å². The van der Waals surface area contributed by atoms with Crippen LogP contribution in [0.3, 0.4) is 0 Å². The molecule has 0 aliphatic heterocycles. The molecular weight excluding hydrogens is 230 g/mol. The van der Waals surface area contributed by atoms with Gasteiger partial charge in [0.15, 0.2) is 0 Å². The van der Waals surface area contributed by atoms with Gasteiger partial charge in [0.25, 0.3) is 3.79 Å². The molecule has 0 radical (unpaired) electrons. The average molecular weight is 233 g/mol. The SMILES string of the molecule is C=CC(=O)OOC(=O)C(Cl)(Cl)Cl. The molecular formula is C5H3Cl3O4. The van der Waals surface area contributed by atoms with Crippen molar-refractivity contribution < 1.29 is 19.4 Å². The Bertz CT molecular complexity index is 207. The third-order valence-electron chi connectivity index (χ3n) is 0.598. The number of halogens is 3. The lowest BCUT2D eigenvalue weighted by molar-refractivity contribution is -0.254. The molecule has 4 nitrogen and oxygen atoms in total. The second-order valence-electron chi connectivity index (χ2n) is 1.48. The largest absolute Gasteiger partial charge is 0.406 e. The van der Waals surface area contributed by atoms with Crippen LogP contribution in [-0.2, 0) is 19.4 Å². The zero-order chi connectivity index (χ0) is 9.78. The maximum atomic E-state index is 10.6. The minimum absolute atomic E-state index is 0.783. The number of carbonyl (C=O) groups is 2. The van der Waals surface area contributed by atoms with Gasteiger partial charge in [0.1, 0.15) is 0 Å². The van der Waals surface area contributed by atoms with Crippen molar-refractivity contribution in [2.24, 2.45) is 0 Å². The van der Waals surface area contributed by atoms with Gasteiger partial charge >= 0.3 is 11.9 Å². The van der Waals surface area contributed by atoms with Gasteiger partial charge in [-0.3, -0.25) is 0 Å². The van der Waals surface area contributed by atoms with E-state index in [1.807, 2.05) is 0 Å². The Morgan fingerprint density at radius 3 is 2.08 bits per heavy atom. The van der Waals surface area contributed by atoms with Gasteiger partial charge in [0.2, 0.25) is 0 Å². The van der Waals surface area contributed by atoms with E-state index in [1.54, 1.807) is 0 Å². The fourth-order valence-electron chi connectivity index (χ4n) is 0.160. The molecule has 0 saturated heterocycles. The van der Waals surface area contributed by atoms with Crippen LogP contribution in [0.25, 0.3) is 0 Å². The highest BCUT2D eigenvalue weighted by atomic mass is 35.6. The zero-order valence-electron chi connectivity index (χ0n) is 5.55. The zero-order valence-corrected chi connectivity index (χ0v) is 7.82. The van der Waals surface area contributed by atoms with Gasteiger partial charge < -0.3 is 0 Å². The highest BCUT2D eigenvalue weighted by Crippen LogP contribution is 2.27. The van der Waals surface area contributed by atoms with Crippen molar-refractivity contribution in [3.63, 3.8) is 0 Å². The normalized spacial score (nSPS) is 10.2. The molecule has 0 bridgehead atoms. The molecule has 0 spiro atoms. The predicted molar refractivity (Wildman–Crippen MR) is 42.7 cm³/mol. The third-order valence-corrected chi connectivity index (χ3v) is 1.06. The Labute approximate surface area is 82.9 Å². The summed E-state index contributed by atoms with van der Waals surface area (Å²) in [6.45, 7) is 3.04. The van der Waals surface area contributed by atoms with Crippen LogP contribution in [0.1, 0.15) is 0 Å². The van der Waals surface area contributed by atoms with Gasteiger partial charge in [0, 0.05) is 6.08 Å². The summed E-state index contributed by atoms with van der Waals surface area (Å²) in [5.41, 5.74) is 0. The van der Waals surface area contributed by atoms with Gasteiger partial charge in [-0.15, -0.1) is 0 Å². The summed E-state index contributed by atoms with van der Waals surface area (Å²) in [6.07, 6.45) is 0.783. The van der Waals surface area contributed by atoms with E-state index in [2.05, 4.69) is 16.4 Å². The van der Waals surface area contributed by atoms with E-state index in [-0.39, 0.29) is 0 Å². The monoisotopic (exact) mass is 232 g/mol. The van der Waals surface area contributed by atoms with Crippen LogP contribution in [0, 0.1) is 0 Å².